The number of rotatable bonds is 3. The normalized spacial score (nSPS) is 35.2. The van der Waals surface area contributed by atoms with E-state index in [2.05, 4.69) is 15.9 Å². The van der Waals surface area contributed by atoms with Crippen LogP contribution in [0.25, 0.3) is 0 Å². The van der Waals surface area contributed by atoms with Crippen LogP contribution in [0.5, 0.6) is 0 Å². The van der Waals surface area contributed by atoms with E-state index in [4.69, 9.17) is 4.84 Å². The van der Waals surface area contributed by atoms with Gasteiger partial charge in [0.15, 0.2) is 0 Å². The van der Waals surface area contributed by atoms with Crippen molar-refractivity contribution in [2.45, 2.75) is 44.9 Å². The molecule has 2 N–H and O–H groups in total. The van der Waals surface area contributed by atoms with Gasteiger partial charge in [0.25, 0.3) is 0 Å². The molecule has 5 aliphatic rings. The predicted molar refractivity (Wildman–Crippen MR) is 81.5 cm³/mol. The predicted octanol–water partition coefficient (Wildman–Crippen LogP) is 1.53. The van der Waals surface area contributed by atoms with Crippen LogP contribution in [0.15, 0.2) is 12.0 Å². The number of carbonyl (C=O) groups excluding carboxylic acids is 1. The standard InChI is InChI=1S/C16H26N4O2/c21-16(13-4-2-1-3-5-13)17-20-15(11-22-18-20)14-10-19-8-6-12(14)7-9-19/h11-14,18H,1-10H2,(H,17,21). The van der Waals surface area contributed by atoms with E-state index in [0.717, 1.165) is 25.1 Å². The number of nitrogens with zero attached hydrogens (tertiary/aromatic N) is 2. The second kappa shape index (κ2) is 6.08. The summed E-state index contributed by atoms with van der Waals surface area (Å²) in [4.78, 5) is 20.3. The summed E-state index contributed by atoms with van der Waals surface area (Å²) in [6.45, 7) is 3.52. The minimum atomic E-state index is 0.130. The Hall–Kier alpha value is -1.27. The number of amides is 1. The first-order valence-electron chi connectivity index (χ1n) is 8.75. The molecule has 0 aromatic rings. The monoisotopic (exact) mass is 306 g/mol. The van der Waals surface area contributed by atoms with Crippen LogP contribution in [-0.2, 0) is 9.63 Å². The molecule has 1 atom stereocenters. The van der Waals surface area contributed by atoms with E-state index < -0.39 is 0 Å². The molecule has 1 unspecified atom stereocenters. The minimum Gasteiger partial charge on any atom is -0.393 e. The summed E-state index contributed by atoms with van der Waals surface area (Å²) in [5, 5.41) is 1.73. The molecule has 122 valence electrons. The van der Waals surface area contributed by atoms with Crippen molar-refractivity contribution in [1.82, 2.24) is 21.0 Å². The van der Waals surface area contributed by atoms with Gasteiger partial charge in [0.1, 0.15) is 6.26 Å². The highest BCUT2D eigenvalue weighted by Crippen LogP contribution is 2.38. The fourth-order valence-electron chi connectivity index (χ4n) is 4.45. The number of carbonyl (C=O) groups is 1. The van der Waals surface area contributed by atoms with Crippen LogP contribution in [0, 0.1) is 17.8 Å². The van der Waals surface area contributed by atoms with Crippen molar-refractivity contribution < 1.29 is 9.63 Å². The lowest BCUT2D eigenvalue weighted by Gasteiger charge is -2.45. The minimum absolute atomic E-state index is 0.130. The van der Waals surface area contributed by atoms with Gasteiger partial charge in [-0.2, -0.15) is 5.12 Å². The lowest BCUT2D eigenvalue weighted by molar-refractivity contribution is -0.135. The topological polar surface area (TPSA) is 56.8 Å². The Labute approximate surface area is 131 Å². The highest BCUT2D eigenvalue weighted by Gasteiger charge is 2.40. The number of hydrazine groups is 2. The lowest BCUT2D eigenvalue weighted by atomic mass is 9.77. The summed E-state index contributed by atoms with van der Waals surface area (Å²) in [6, 6.07) is 0. The zero-order valence-electron chi connectivity index (χ0n) is 13.1. The van der Waals surface area contributed by atoms with E-state index in [9.17, 15) is 4.79 Å². The van der Waals surface area contributed by atoms with Crippen molar-refractivity contribution in [2.24, 2.45) is 17.8 Å². The molecule has 4 fully saturated rings. The van der Waals surface area contributed by atoms with Gasteiger partial charge in [-0.05, 0) is 50.3 Å². The van der Waals surface area contributed by atoms with Crippen LogP contribution < -0.4 is 11.0 Å². The molecule has 3 saturated heterocycles. The highest BCUT2D eigenvalue weighted by molar-refractivity contribution is 5.78. The molecular weight excluding hydrogens is 280 g/mol. The molecule has 4 aliphatic heterocycles. The zero-order chi connectivity index (χ0) is 14.9. The first-order valence-corrected chi connectivity index (χ1v) is 8.75. The van der Waals surface area contributed by atoms with Gasteiger partial charge in [0.05, 0.1) is 5.70 Å². The molecule has 2 bridgehead atoms. The van der Waals surface area contributed by atoms with Crippen LogP contribution in [0.1, 0.15) is 44.9 Å². The van der Waals surface area contributed by atoms with Gasteiger partial charge in [-0.15, -0.1) is 0 Å². The maximum absolute atomic E-state index is 12.5. The summed E-state index contributed by atoms with van der Waals surface area (Å²) >= 11 is 0. The average Bonchev–Trinajstić information content (AvgIpc) is 3.04. The molecule has 1 amide bonds. The van der Waals surface area contributed by atoms with Crippen molar-refractivity contribution in [3.8, 4) is 0 Å². The van der Waals surface area contributed by atoms with E-state index in [0.29, 0.717) is 11.8 Å². The quantitative estimate of drug-likeness (QED) is 0.828. The molecule has 4 heterocycles. The van der Waals surface area contributed by atoms with E-state index in [1.54, 1.807) is 11.4 Å². The van der Waals surface area contributed by atoms with Crippen molar-refractivity contribution in [3.05, 3.63) is 12.0 Å². The summed E-state index contributed by atoms with van der Waals surface area (Å²) in [5.74, 6) is 1.46. The van der Waals surface area contributed by atoms with Gasteiger partial charge in [-0.3, -0.25) is 4.79 Å². The molecule has 0 aromatic heterocycles. The third kappa shape index (κ3) is 2.70. The molecule has 5 rings (SSSR count). The molecule has 6 heteroatoms. The molecular formula is C16H26N4O2. The number of nitrogens with one attached hydrogen (secondary N) is 2. The van der Waals surface area contributed by atoms with E-state index >= 15 is 0 Å². The van der Waals surface area contributed by atoms with E-state index in [1.165, 1.54) is 45.2 Å². The molecule has 0 aromatic carbocycles. The third-order valence-electron chi connectivity index (χ3n) is 5.82. The van der Waals surface area contributed by atoms with Crippen LogP contribution >= 0.6 is 0 Å². The van der Waals surface area contributed by atoms with Gasteiger partial charge >= 0.3 is 0 Å². The highest BCUT2D eigenvalue weighted by atomic mass is 16.7. The summed E-state index contributed by atoms with van der Waals surface area (Å²) in [6.07, 6.45) is 9.92. The Morgan fingerprint density at radius 3 is 2.64 bits per heavy atom. The van der Waals surface area contributed by atoms with Crippen LogP contribution in [-0.4, -0.2) is 35.6 Å². The SMILES string of the molecule is O=C(NN1NOC=C1C1CN2CCC1CC2)C1CCCCC1. The van der Waals surface area contributed by atoms with Crippen molar-refractivity contribution in [1.29, 1.82) is 0 Å². The molecule has 1 saturated carbocycles. The fraction of sp³-hybridized carbons (Fsp3) is 0.812. The first-order chi connectivity index (χ1) is 10.8. The Kier molecular flexibility index (Phi) is 3.96. The molecule has 22 heavy (non-hydrogen) atoms. The second-order valence-electron chi connectivity index (χ2n) is 7.14. The number of hydrogen-bond donors (Lipinski definition) is 2. The fourth-order valence-corrected chi connectivity index (χ4v) is 4.45. The molecule has 0 radical (unpaired) electrons. The Bertz CT molecular complexity index is 453. The summed E-state index contributed by atoms with van der Waals surface area (Å²) in [7, 11) is 0. The smallest absolute Gasteiger partial charge is 0.242 e. The van der Waals surface area contributed by atoms with Gasteiger partial charge in [0.2, 0.25) is 5.91 Å². The van der Waals surface area contributed by atoms with Gasteiger partial charge < -0.3 is 9.74 Å². The summed E-state index contributed by atoms with van der Waals surface area (Å²) < 4.78 is 0. The first kappa shape index (κ1) is 14.3. The average molecular weight is 306 g/mol. The Morgan fingerprint density at radius 1 is 1.18 bits per heavy atom. The molecule has 1 aliphatic carbocycles. The Morgan fingerprint density at radius 2 is 1.95 bits per heavy atom. The van der Waals surface area contributed by atoms with Crippen molar-refractivity contribution >= 4 is 5.91 Å². The zero-order valence-corrected chi connectivity index (χ0v) is 13.1. The largest absolute Gasteiger partial charge is 0.393 e. The maximum atomic E-state index is 12.5. The second-order valence-corrected chi connectivity index (χ2v) is 7.14. The maximum Gasteiger partial charge on any atom is 0.242 e. The lowest BCUT2D eigenvalue weighted by Crippen LogP contribution is -2.54. The van der Waals surface area contributed by atoms with Gasteiger partial charge in [-0.1, -0.05) is 19.3 Å². The van der Waals surface area contributed by atoms with Crippen molar-refractivity contribution in [3.63, 3.8) is 0 Å². The number of fused-ring (bicyclic) bond motifs is 3. The third-order valence-corrected chi connectivity index (χ3v) is 5.82. The van der Waals surface area contributed by atoms with Gasteiger partial charge in [0, 0.05) is 18.4 Å². The number of hydrogen-bond acceptors (Lipinski definition) is 5. The molecule has 0 spiro atoms. The Balaban J connectivity index is 1.39. The number of piperidine rings is 3. The van der Waals surface area contributed by atoms with E-state index in [-0.39, 0.29) is 11.8 Å². The van der Waals surface area contributed by atoms with Crippen molar-refractivity contribution in [2.75, 3.05) is 19.6 Å². The summed E-state index contributed by atoms with van der Waals surface area (Å²) in [5.41, 5.74) is 6.93. The van der Waals surface area contributed by atoms with Crippen LogP contribution in [0.4, 0.5) is 0 Å². The van der Waals surface area contributed by atoms with E-state index in [1.807, 2.05) is 0 Å². The van der Waals surface area contributed by atoms with Gasteiger partial charge in [-0.25, -0.2) is 5.43 Å². The van der Waals surface area contributed by atoms with Crippen LogP contribution in [0.3, 0.4) is 0 Å². The van der Waals surface area contributed by atoms with Crippen LogP contribution in [0.2, 0.25) is 0 Å². The molecule has 6 nitrogen and oxygen atoms in total.